The van der Waals surface area contributed by atoms with Gasteiger partial charge in [0.15, 0.2) is 0 Å². The van der Waals surface area contributed by atoms with Crippen molar-refractivity contribution in [2.24, 2.45) is 10.9 Å². The summed E-state index contributed by atoms with van der Waals surface area (Å²) in [5.74, 6) is 0.204. The SMILES string of the molecule is CCOC(=O)CC1=C(Cc2cccnc2)C(=O)O/C1=N\C1CCC(C)CC1. The van der Waals surface area contributed by atoms with Gasteiger partial charge in [0, 0.05) is 24.4 Å². The highest BCUT2D eigenvalue weighted by atomic mass is 16.6. The predicted octanol–water partition coefficient (Wildman–Crippen LogP) is 3.41. The maximum absolute atomic E-state index is 12.5. The molecule has 1 aromatic rings. The number of hydrogen-bond acceptors (Lipinski definition) is 6. The number of aliphatic imine (C=N–C) groups is 1. The van der Waals surface area contributed by atoms with Crippen molar-refractivity contribution in [3.8, 4) is 0 Å². The number of esters is 2. The fraction of sp³-hybridized carbons (Fsp3) is 0.524. The molecule has 0 aromatic carbocycles. The van der Waals surface area contributed by atoms with E-state index in [0.717, 1.165) is 31.2 Å². The molecule has 0 spiro atoms. The largest absolute Gasteiger partial charge is 0.466 e. The minimum absolute atomic E-state index is 0.00285. The Morgan fingerprint density at radius 3 is 2.74 bits per heavy atom. The second-order valence-corrected chi connectivity index (χ2v) is 7.21. The van der Waals surface area contributed by atoms with Gasteiger partial charge in [0.25, 0.3) is 0 Å². The van der Waals surface area contributed by atoms with E-state index in [4.69, 9.17) is 14.5 Å². The molecule has 1 aromatic heterocycles. The Bertz CT molecular complexity index is 747. The first-order valence-corrected chi connectivity index (χ1v) is 9.63. The molecule has 1 fully saturated rings. The van der Waals surface area contributed by atoms with Gasteiger partial charge in [-0.3, -0.25) is 9.78 Å². The summed E-state index contributed by atoms with van der Waals surface area (Å²) in [7, 11) is 0. The smallest absolute Gasteiger partial charge is 0.341 e. The van der Waals surface area contributed by atoms with Gasteiger partial charge in [0.1, 0.15) is 0 Å². The second-order valence-electron chi connectivity index (χ2n) is 7.21. The first-order valence-electron chi connectivity index (χ1n) is 9.63. The van der Waals surface area contributed by atoms with E-state index in [1.165, 1.54) is 0 Å². The molecule has 1 aliphatic carbocycles. The highest BCUT2D eigenvalue weighted by Crippen LogP contribution is 2.30. The molecule has 0 radical (unpaired) electrons. The van der Waals surface area contributed by atoms with Crippen molar-refractivity contribution in [1.29, 1.82) is 0 Å². The number of cyclic esters (lactones) is 1. The number of hydrogen-bond donors (Lipinski definition) is 0. The zero-order valence-electron chi connectivity index (χ0n) is 15.9. The quantitative estimate of drug-likeness (QED) is 0.717. The topological polar surface area (TPSA) is 77.8 Å². The van der Waals surface area contributed by atoms with Gasteiger partial charge in [-0.25, -0.2) is 9.79 Å². The molecular formula is C21H26N2O4. The first-order chi connectivity index (χ1) is 13.1. The van der Waals surface area contributed by atoms with E-state index < -0.39 is 5.97 Å². The van der Waals surface area contributed by atoms with Crippen LogP contribution in [0.5, 0.6) is 0 Å². The lowest BCUT2D eigenvalue weighted by Crippen LogP contribution is -2.19. The number of carbonyl (C=O) groups is 2. The summed E-state index contributed by atoms with van der Waals surface area (Å²) in [6.45, 7) is 4.31. The lowest BCUT2D eigenvalue weighted by molar-refractivity contribution is -0.142. The van der Waals surface area contributed by atoms with Crippen LogP contribution in [0.4, 0.5) is 0 Å². The maximum atomic E-state index is 12.5. The molecule has 0 N–H and O–H groups in total. The van der Waals surface area contributed by atoms with Crippen molar-refractivity contribution in [2.75, 3.05) is 6.61 Å². The predicted molar refractivity (Wildman–Crippen MR) is 101 cm³/mol. The van der Waals surface area contributed by atoms with Crippen LogP contribution in [0.1, 0.15) is 51.5 Å². The molecule has 0 saturated heterocycles. The van der Waals surface area contributed by atoms with Crippen LogP contribution < -0.4 is 0 Å². The number of aromatic nitrogens is 1. The van der Waals surface area contributed by atoms with Gasteiger partial charge < -0.3 is 9.47 Å². The van der Waals surface area contributed by atoms with E-state index in [-0.39, 0.29) is 18.4 Å². The summed E-state index contributed by atoms with van der Waals surface area (Å²) in [6, 6.07) is 3.85. The van der Waals surface area contributed by atoms with Crippen molar-refractivity contribution in [1.82, 2.24) is 4.98 Å². The Morgan fingerprint density at radius 2 is 2.07 bits per heavy atom. The first kappa shape index (κ1) is 19.3. The Labute approximate surface area is 159 Å². The zero-order chi connectivity index (χ0) is 19.2. The fourth-order valence-electron chi connectivity index (χ4n) is 3.53. The summed E-state index contributed by atoms with van der Waals surface area (Å²) < 4.78 is 10.6. The molecule has 3 rings (SSSR count). The Morgan fingerprint density at radius 1 is 1.30 bits per heavy atom. The van der Waals surface area contributed by atoms with Gasteiger partial charge in [-0.15, -0.1) is 0 Å². The third kappa shape index (κ3) is 5.02. The lowest BCUT2D eigenvalue weighted by Gasteiger charge is -2.23. The van der Waals surface area contributed by atoms with Crippen molar-refractivity contribution >= 4 is 17.8 Å². The van der Waals surface area contributed by atoms with Crippen molar-refractivity contribution in [3.05, 3.63) is 41.2 Å². The highest BCUT2D eigenvalue weighted by molar-refractivity contribution is 6.16. The highest BCUT2D eigenvalue weighted by Gasteiger charge is 2.33. The minimum atomic E-state index is -0.430. The van der Waals surface area contributed by atoms with E-state index in [2.05, 4.69) is 11.9 Å². The lowest BCUT2D eigenvalue weighted by atomic mass is 9.87. The average molecular weight is 370 g/mol. The van der Waals surface area contributed by atoms with Crippen LogP contribution in [0, 0.1) is 5.92 Å². The van der Waals surface area contributed by atoms with Crippen LogP contribution in [0.2, 0.25) is 0 Å². The Kier molecular flexibility index (Phi) is 6.37. The van der Waals surface area contributed by atoms with Crippen molar-refractivity contribution < 1.29 is 19.1 Å². The average Bonchev–Trinajstić information content (AvgIpc) is 2.93. The van der Waals surface area contributed by atoms with E-state index in [1.54, 1.807) is 19.3 Å². The van der Waals surface area contributed by atoms with Crippen LogP contribution in [0.15, 0.2) is 40.7 Å². The number of pyridine rings is 1. The van der Waals surface area contributed by atoms with Crippen LogP contribution >= 0.6 is 0 Å². The van der Waals surface area contributed by atoms with E-state index in [1.807, 2.05) is 12.1 Å². The van der Waals surface area contributed by atoms with Crippen LogP contribution in [0.3, 0.4) is 0 Å². The molecule has 0 bridgehead atoms. The molecule has 6 nitrogen and oxygen atoms in total. The maximum Gasteiger partial charge on any atom is 0.341 e. The molecular weight excluding hydrogens is 344 g/mol. The van der Waals surface area contributed by atoms with Crippen molar-refractivity contribution in [3.63, 3.8) is 0 Å². The molecule has 2 heterocycles. The number of carbonyl (C=O) groups excluding carboxylic acids is 2. The van der Waals surface area contributed by atoms with E-state index >= 15 is 0 Å². The fourth-order valence-corrected chi connectivity index (χ4v) is 3.53. The van der Waals surface area contributed by atoms with Crippen molar-refractivity contribution in [2.45, 2.75) is 58.4 Å². The van der Waals surface area contributed by atoms with Gasteiger partial charge in [0.2, 0.25) is 5.90 Å². The number of rotatable bonds is 6. The zero-order valence-corrected chi connectivity index (χ0v) is 15.9. The molecule has 1 saturated carbocycles. The van der Waals surface area contributed by atoms with Crippen LogP contribution in [0.25, 0.3) is 0 Å². The van der Waals surface area contributed by atoms with E-state index in [0.29, 0.717) is 36.0 Å². The van der Waals surface area contributed by atoms with Gasteiger partial charge in [-0.1, -0.05) is 13.0 Å². The molecule has 144 valence electrons. The molecule has 0 atom stereocenters. The molecule has 1 aliphatic heterocycles. The summed E-state index contributed by atoms with van der Waals surface area (Å²) >= 11 is 0. The van der Waals surface area contributed by atoms with Crippen LogP contribution in [-0.2, 0) is 25.5 Å². The molecule has 0 unspecified atom stereocenters. The third-order valence-corrected chi connectivity index (χ3v) is 5.07. The third-order valence-electron chi connectivity index (χ3n) is 5.07. The summed E-state index contributed by atoms with van der Waals surface area (Å²) in [6.07, 6.45) is 7.95. The molecule has 2 aliphatic rings. The molecule has 0 amide bonds. The van der Waals surface area contributed by atoms with E-state index in [9.17, 15) is 9.59 Å². The summed E-state index contributed by atoms with van der Waals surface area (Å²) in [4.78, 5) is 33.4. The summed E-state index contributed by atoms with van der Waals surface area (Å²) in [5, 5.41) is 0. The second kappa shape index (κ2) is 8.93. The monoisotopic (exact) mass is 370 g/mol. The standard InChI is InChI=1S/C21H26N2O4/c1-3-26-19(24)12-17-18(11-15-5-4-10-22-13-15)21(25)27-20(17)23-16-8-6-14(2)7-9-16/h4-5,10,13-14,16H,3,6-9,11-12H2,1-2H3/b23-20-. The number of nitrogens with zero attached hydrogens (tertiary/aromatic N) is 2. The van der Waals surface area contributed by atoms with Gasteiger partial charge in [0.05, 0.1) is 24.6 Å². The molecule has 6 heteroatoms. The van der Waals surface area contributed by atoms with Gasteiger partial charge in [-0.2, -0.15) is 0 Å². The van der Waals surface area contributed by atoms with Gasteiger partial charge in [-0.05, 0) is 50.2 Å². The van der Waals surface area contributed by atoms with Gasteiger partial charge >= 0.3 is 11.9 Å². The Hall–Kier alpha value is -2.50. The Balaban J connectivity index is 1.87. The number of ether oxygens (including phenoxy) is 2. The summed E-state index contributed by atoms with van der Waals surface area (Å²) in [5.41, 5.74) is 1.92. The normalized spacial score (nSPS) is 24.2. The van der Waals surface area contributed by atoms with Crippen LogP contribution in [-0.4, -0.2) is 35.5 Å². The molecule has 27 heavy (non-hydrogen) atoms. The minimum Gasteiger partial charge on any atom is -0.466 e.